The molecule has 1 aromatic carbocycles. The molecule has 0 aliphatic rings. The van der Waals surface area contributed by atoms with Crippen molar-refractivity contribution in [2.45, 2.75) is 38.8 Å². The van der Waals surface area contributed by atoms with Crippen molar-refractivity contribution >= 4 is 11.9 Å². The number of hydrogen-bond donors (Lipinski definition) is 2. The van der Waals surface area contributed by atoms with E-state index in [0.717, 1.165) is 0 Å². The highest BCUT2D eigenvalue weighted by Crippen LogP contribution is 2.17. The van der Waals surface area contributed by atoms with Crippen LogP contribution in [0.4, 0.5) is 4.39 Å². The van der Waals surface area contributed by atoms with E-state index in [-0.39, 0.29) is 12.0 Å². The molecule has 6 heteroatoms. The van der Waals surface area contributed by atoms with Crippen LogP contribution in [0.2, 0.25) is 0 Å². The Labute approximate surface area is 122 Å². The smallest absolute Gasteiger partial charge is 0.322 e. The van der Waals surface area contributed by atoms with Crippen LogP contribution >= 0.6 is 0 Å². The standard InChI is InChI=1S/C15H20FNO4/c1-15(2,3)21-14(20)12(13(18)19)11(17)8-9-6-4-5-7-10(9)16/h4-7,11-12H,8,17H2,1-3H3,(H,18,19)/t11?,12-/m0/s1. The summed E-state index contributed by atoms with van der Waals surface area (Å²) in [6, 6.07) is 4.82. The first-order chi connectivity index (χ1) is 9.61. The second-order valence-corrected chi connectivity index (χ2v) is 5.81. The number of benzene rings is 1. The van der Waals surface area contributed by atoms with Crippen molar-refractivity contribution in [1.82, 2.24) is 0 Å². The molecule has 0 bridgehead atoms. The van der Waals surface area contributed by atoms with E-state index in [1.165, 1.54) is 18.2 Å². The fraction of sp³-hybridized carbons (Fsp3) is 0.467. The number of carbonyl (C=O) groups excluding carboxylic acids is 1. The van der Waals surface area contributed by atoms with Crippen molar-refractivity contribution in [3.8, 4) is 0 Å². The van der Waals surface area contributed by atoms with Gasteiger partial charge in [0.25, 0.3) is 0 Å². The molecule has 0 heterocycles. The number of ether oxygens (including phenoxy) is 1. The molecular weight excluding hydrogens is 277 g/mol. The number of rotatable bonds is 5. The fourth-order valence-corrected chi connectivity index (χ4v) is 1.86. The van der Waals surface area contributed by atoms with Crippen LogP contribution in [0.5, 0.6) is 0 Å². The largest absolute Gasteiger partial charge is 0.481 e. The van der Waals surface area contributed by atoms with Crippen molar-refractivity contribution in [3.63, 3.8) is 0 Å². The fourth-order valence-electron chi connectivity index (χ4n) is 1.86. The van der Waals surface area contributed by atoms with E-state index >= 15 is 0 Å². The van der Waals surface area contributed by atoms with E-state index in [1.807, 2.05) is 0 Å². The molecule has 5 nitrogen and oxygen atoms in total. The Morgan fingerprint density at radius 3 is 2.38 bits per heavy atom. The first kappa shape index (κ1) is 17.1. The zero-order chi connectivity index (χ0) is 16.2. The number of carboxylic acid groups (broad SMARTS) is 1. The summed E-state index contributed by atoms with van der Waals surface area (Å²) in [6.07, 6.45) is -0.0666. The maximum Gasteiger partial charge on any atom is 0.322 e. The predicted molar refractivity (Wildman–Crippen MR) is 75.1 cm³/mol. The topological polar surface area (TPSA) is 89.6 Å². The number of hydrogen-bond acceptors (Lipinski definition) is 4. The molecule has 0 aliphatic heterocycles. The van der Waals surface area contributed by atoms with Crippen molar-refractivity contribution < 1.29 is 23.8 Å². The zero-order valence-corrected chi connectivity index (χ0v) is 12.3. The SMILES string of the molecule is CC(C)(C)OC(=O)[C@H](C(=O)O)C(N)Cc1ccccc1F. The predicted octanol–water partition coefficient (Wildman–Crippen LogP) is 1.74. The van der Waals surface area contributed by atoms with Gasteiger partial charge in [-0.15, -0.1) is 0 Å². The second-order valence-electron chi connectivity index (χ2n) is 5.81. The van der Waals surface area contributed by atoms with Crippen LogP contribution in [-0.2, 0) is 20.7 Å². The second kappa shape index (κ2) is 6.67. The molecule has 0 fully saturated rings. The zero-order valence-electron chi connectivity index (χ0n) is 12.3. The third-order valence-corrected chi connectivity index (χ3v) is 2.77. The monoisotopic (exact) mass is 297 g/mol. The molecule has 0 aromatic heterocycles. The highest BCUT2D eigenvalue weighted by atomic mass is 19.1. The molecule has 116 valence electrons. The van der Waals surface area contributed by atoms with Gasteiger partial charge < -0.3 is 15.6 Å². The van der Waals surface area contributed by atoms with Crippen LogP contribution < -0.4 is 5.73 Å². The van der Waals surface area contributed by atoms with Gasteiger partial charge in [-0.25, -0.2) is 4.39 Å². The highest BCUT2D eigenvalue weighted by molar-refractivity contribution is 5.95. The van der Waals surface area contributed by atoms with Crippen molar-refractivity contribution in [1.29, 1.82) is 0 Å². The van der Waals surface area contributed by atoms with E-state index in [9.17, 15) is 19.1 Å². The molecule has 0 saturated carbocycles. The number of halogens is 1. The first-order valence-corrected chi connectivity index (χ1v) is 6.56. The van der Waals surface area contributed by atoms with Crippen LogP contribution in [-0.4, -0.2) is 28.7 Å². The molecule has 0 radical (unpaired) electrons. The van der Waals surface area contributed by atoms with Crippen molar-refractivity contribution in [2.75, 3.05) is 0 Å². The molecule has 1 rings (SSSR count). The molecule has 21 heavy (non-hydrogen) atoms. The molecule has 2 atom stereocenters. The van der Waals surface area contributed by atoms with Crippen molar-refractivity contribution in [3.05, 3.63) is 35.6 Å². The van der Waals surface area contributed by atoms with E-state index in [4.69, 9.17) is 10.5 Å². The Morgan fingerprint density at radius 2 is 1.90 bits per heavy atom. The minimum atomic E-state index is -1.54. The third-order valence-electron chi connectivity index (χ3n) is 2.77. The lowest BCUT2D eigenvalue weighted by molar-refractivity contribution is -0.167. The number of esters is 1. The van der Waals surface area contributed by atoms with Crippen LogP contribution in [0.3, 0.4) is 0 Å². The van der Waals surface area contributed by atoms with Crippen LogP contribution in [0.25, 0.3) is 0 Å². The van der Waals surface area contributed by atoms with Gasteiger partial charge >= 0.3 is 11.9 Å². The van der Waals surface area contributed by atoms with Gasteiger partial charge in [0.15, 0.2) is 5.92 Å². The maximum absolute atomic E-state index is 13.6. The first-order valence-electron chi connectivity index (χ1n) is 6.56. The van der Waals surface area contributed by atoms with Crippen LogP contribution in [0.1, 0.15) is 26.3 Å². The molecule has 3 N–H and O–H groups in total. The summed E-state index contributed by atoms with van der Waals surface area (Å²) in [6.45, 7) is 4.89. The molecule has 1 unspecified atom stereocenters. The van der Waals surface area contributed by atoms with E-state index in [2.05, 4.69) is 0 Å². The molecule has 0 spiro atoms. The summed E-state index contributed by atoms with van der Waals surface area (Å²) in [5, 5.41) is 9.18. The van der Waals surface area contributed by atoms with E-state index in [1.54, 1.807) is 26.8 Å². The average Bonchev–Trinajstić information content (AvgIpc) is 2.29. The molecule has 1 aromatic rings. The van der Waals surface area contributed by atoms with Gasteiger partial charge in [-0.05, 0) is 38.8 Å². The highest BCUT2D eigenvalue weighted by Gasteiger charge is 2.36. The quantitative estimate of drug-likeness (QED) is 0.638. The van der Waals surface area contributed by atoms with Gasteiger partial charge in [-0.2, -0.15) is 0 Å². The van der Waals surface area contributed by atoms with E-state index in [0.29, 0.717) is 0 Å². The van der Waals surface area contributed by atoms with Gasteiger partial charge in [0.05, 0.1) is 0 Å². The summed E-state index contributed by atoms with van der Waals surface area (Å²) >= 11 is 0. The lowest BCUT2D eigenvalue weighted by atomic mass is 9.94. The normalized spacial score (nSPS) is 14.3. The summed E-state index contributed by atoms with van der Waals surface area (Å²) in [7, 11) is 0. The molecule has 0 saturated heterocycles. The Morgan fingerprint density at radius 1 is 1.33 bits per heavy atom. The van der Waals surface area contributed by atoms with Gasteiger partial charge in [-0.3, -0.25) is 9.59 Å². The average molecular weight is 297 g/mol. The molecule has 0 aliphatic carbocycles. The molecule has 0 amide bonds. The minimum absolute atomic E-state index is 0.0666. The lowest BCUT2D eigenvalue weighted by Crippen LogP contribution is -2.45. The Bertz CT molecular complexity index is 525. The van der Waals surface area contributed by atoms with Gasteiger partial charge in [-0.1, -0.05) is 18.2 Å². The van der Waals surface area contributed by atoms with Crippen LogP contribution in [0, 0.1) is 11.7 Å². The summed E-state index contributed by atoms with van der Waals surface area (Å²) < 4.78 is 18.6. The number of aliphatic carboxylic acids is 1. The Kier molecular flexibility index (Phi) is 5.43. The van der Waals surface area contributed by atoms with Gasteiger partial charge in [0.1, 0.15) is 11.4 Å². The van der Waals surface area contributed by atoms with Gasteiger partial charge in [0.2, 0.25) is 0 Å². The summed E-state index contributed by atoms with van der Waals surface area (Å²) in [5.74, 6) is -4.32. The van der Waals surface area contributed by atoms with Crippen LogP contribution in [0.15, 0.2) is 24.3 Å². The van der Waals surface area contributed by atoms with Gasteiger partial charge in [0, 0.05) is 6.04 Å². The Hall–Kier alpha value is -1.95. The van der Waals surface area contributed by atoms with Crippen molar-refractivity contribution in [2.24, 2.45) is 11.7 Å². The lowest BCUT2D eigenvalue weighted by Gasteiger charge is -2.25. The minimum Gasteiger partial charge on any atom is -0.481 e. The summed E-state index contributed by atoms with van der Waals surface area (Å²) in [5.41, 5.74) is 5.24. The number of carbonyl (C=O) groups is 2. The number of nitrogens with two attached hydrogens (primary N) is 1. The number of carboxylic acids is 1. The third kappa shape index (κ3) is 5.15. The Balaban J connectivity index is 2.88. The maximum atomic E-state index is 13.6. The molecular formula is C15H20FNO4. The summed E-state index contributed by atoms with van der Waals surface area (Å²) in [4.78, 5) is 23.2. The van der Waals surface area contributed by atoms with E-state index < -0.39 is 35.3 Å².